The van der Waals surface area contributed by atoms with Crippen molar-refractivity contribution in [3.63, 3.8) is 0 Å². The summed E-state index contributed by atoms with van der Waals surface area (Å²) in [6.45, 7) is 0. The molecule has 0 aliphatic heterocycles. The molecule has 1 heterocycles. The minimum absolute atomic E-state index is 0.0758. The minimum atomic E-state index is -0.404. The van der Waals surface area contributed by atoms with Gasteiger partial charge in [-0.15, -0.1) is 0 Å². The van der Waals surface area contributed by atoms with Crippen LogP contribution in [0.5, 0.6) is 11.5 Å². The number of phenolic OH excluding ortho intramolecular Hbond substituents is 1. The Morgan fingerprint density at radius 1 is 1.05 bits per heavy atom. The normalized spacial score (nSPS) is 15.2. The van der Waals surface area contributed by atoms with E-state index in [9.17, 15) is 9.90 Å². The van der Waals surface area contributed by atoms with Crippen molar-refractivity contribution in [3.05, 3.63) is 46.8 Å². The highest BCUT2D eigenvalue weighted by atomic mass is 16.5. The first-order valence-corrected chi connectivity index (χ1v) is 7.07. The van der Waals surface area contributed by atoms with Crippen molar-refractivity contribution < 1.29 is 14.3 Å². The van der Waals surface area contributed by atoms with Gasteiger partial charge in [0.25, 0.3) is 0 Å². The number of benzene rings is 2. The second kappa shape index (κ2) is 4.52. The second-order valence-corrected chi connectivity index (χ2v) is 5.45. The molecule has 1 N–H and O–H groups in total. The molecule has 0 amide bonds. The zero-order chi connectivity index (χ0) is 14.4. The third-order valence-corrected chi connectivity index (χ3v) is 4.02. The first-order chi connectivity index (χ1) is 10.2. The maximum atomic E-state index is 12.0. The second-order valence-electron chi connectivity index (χ2n) is 5.45. The van der Waals surface area contributed by atoms with Crippen LogP contribution in [0.15, 0.2) is 45.6 Å². The molecular weight excluding hydrogens is 268 g/mol. The quantitative estimate of drug-likeness (QED) is 0.576. The van der Waals surface area contributed by atoms with Gasteiger partial charge >= 0.3 is 5.63 Å². The van der Waals surface area contributed by atoms with Gasteiger partial charge < -0.3 is 14.3 Å². The third-order valence-electron chi connectivity index (χ3n) is 4.02. The van der Waals surface area contributed by atoms with E-state index in [1.54, 1.807) is 18.2 Å². The van der Waals surface area contributed by atoms with E-state index in [1.807, 2.05) is 12.1 Å². The van der Waals surface area contributed by atoms with Crippen LogP contribution in [-0.2, 0) is 0 Å². The van der Waals surface area contributed by atoms with Crippen molar-refractivity contribution in [1.82, 2.24) is 0 Å². The monoisotopic (exact) mass is 282 g/mol. The molecule has 21 heavy (non-hydrogen) atoms. The van der Waals surface area contributed by atoms with Gasteiger partial charge in [0, 0.05) is 16.8 Å². The van der Waals surface area contributed by atoms with Gasteiger partial charge in [-0.25, -0.2) is 4.79 Å². The van der Waals surface area contributed by atoms with Crippen molar-refractivity contribution in [2.45, 2.75) is 25.4 Å². The van der Waals surface area contributed by atoms with Crippen LogP contribution < -0.4 is 10.4 Å². The Bertz CT molecular complexity index is 890. The number of hydrogen-bond donors (Lipinski definition) is 1. The van der Waals surface area contributed by atoms with Crippen molar-refractivity contribution in [3.8, 4) is 11.5 Å². The lowest BCUT2D eigenvalue weighted by Crippen LogP contribution is -2.24. The molecule has 4 rings (SSSR count). The molecule has 0 spiro atoms. The Morgan fingerprint density at radius 3 is 2.62 bits per heavy atom. The zero-order valence-corrected chi connectivity index (χ0v) is 11.3. The van der Waals surface area contributed by atoms with E-state index in [2.05, 4.69) is 0 Å². The van der Waals surface area contributed by atoms with E-state index in [4.69, 9.17) is 9.15 Å². The highest BCUT2D eigenvalue weighted by Gasteiger charge is 2.19. The van der Waals surface area contributed by atoms with Crippen LogP contribution in [0, 0.1) is 0 Å². The summed E-state index contributed by atoms with van der Waals surface area (Å²) in [7, 11) is 0. The van der Waals surface area contributed by atoms with Gasteiger partial charge in [-0.1, -0.05) is 0 Å². The number of phenols is 1. The van der Waals surface area contributed by atoms with Gasteiger partial charge in [-0.05, 0) is 49.6 Å². The topological polar surface area (TPSA) is 59.7 Å². The first-order valence-electron chi connectivity index (χ1n) is 7.07. The third kappa shape index (κ3) is 2.03. The molecule has 1 aliphatic carbocycles. The molecule has 2 aromatic carbocycles. The molecule has 3 aromatic rings. The molecular formula is C17H14O4. The lowest BCUT2D eigenvalue weighted by Gasteiger charge is -2.26. The van der Waals surface area contributed by atoms with Gasteiger partial charge in [0.15, 0.2) is 0 Å². The van der Waals surface area contributed by atoms with Gasteiger partial charge in [0.05, 0.1) is 11.5 Å². The molecule has 1 aliphatic rings. The van der Waals surface area contributed by atoms with Crippen molar-refractivity contribution in [2.75, 3.05) is 0 Å². The number of hydrogen-bond acceptors (Lipinski definition) is 4. The molecule has 0 bridgehead atoms. The Hall–Kier alpha value is -2.49. The largest absolute Gasteiger partial charge is 0.508 e. The molecule has 1 saturated carbocycles. The van der Waals surface area contributed by atoms with Crippen LogP contribution in [0.3, 0.4) is 0 Å². The van der Waals surface area contributed by atoms with Crippen LogP contribution in [0.2, 0.25) is 0 Å². The highest BCUT2D eigenvalue weighted by molar-refractivity contribution is 6.05. The van der Waals surface area contributed by atoms with E-state index >= 15 is 0 Å². The average molecular weight is 282 g/mol. The van der Waals surface area contributed by atoms with Gasteiger partial charge in [0.1, 0.15) is 17.1 Å². The summed E-state index contributed by atoms with van der Waals surface area (Å²) in [5, 5.41) is 11.6. The van der Waals surface area contributed by atoms with Crippen LogP contribution >= 0.6 is 0 Å². The summed E-state index contributed by atoms with van der Waals surface area (Å²) in [5.41, 5.74) is -0.0217. The van der Waals surface area contributed by atoms with Crippen LogP contribution in [0.25, 0.3) is 21.7 Å². The standard InChI is InChI=1S/C17H14O4/c18-10-4-6-13-15-9-12(20-11-2-1-3-11)5-7-14(15)17(19)21-16(13)8-10/h4-9,11,18H,1-3H2. The molecule has 0 saturated heterocycles. The Morgan fingerprint density at radius 2 is 1.86 bits per heavy atom. The maximum absolute atomic E-state index is 12.0. The lowest BCUT2D eigenvalue weighted by atomic mass is 9.96. The molecule has 0 radical (unpaired) electrons. The molecule has 106 valence electrons. The Kier molecular flexibility index (Phi) is 2.64. The van der Waals surface area contributed by atoms with Gasteiger partial charge in [0.2, 0.25) is 0 Å². The van der Waals surface area contributed by atoms with Crippen molar-refractivity contribution in [2.24, 2.45) is 0 Å². The average Bonchev–Trinajstić information content (AvgIpc) is 2.42. The highest BCUT2D eigenvalue weighted by Crippen LogP contribution is 2.31. The SMILES string of the molecule is O=c1oc2cc(O)ccc2c2cc(OC3CCC3)ccc12. The van der Waals surface area contributed by atoms with Crippen molar-refractivity contribution in [1.29, 1.82) is 0 Å². The van der Waals surface area contributed by atoms with Crippen LogP contribution in [0.1, 0.15) is 19.3 Å². The fourth-order valence-corrected chi connectivity index (χ4v) is 2.65. The van der Waals surface area contributed by atoms with E-state index < -0.39 is 5.63 Å². The van der Waals surface area contributed by atoms with E-state index in [0.29, 0.717) is 11.0 Å². The zero-order valence-electron chi connectivity index (χ0n) is 11.3. The fourth-order valence-electron chi connectivity index (χ4n) is 2.65. The summed E-state index contributed by atoms with van der Waals surface area (Å²) in [6.07, 6.45) is 3.68. The lowest BCUT2D eigenvalue weighted by molar-refractivity contribution is 0.120. The smallest absolute Gasteiger partial charge is 0.344 e. The van der Waals surface area contributed by atoms with Crippen LogP contribution in [-0.4, -0.2) is 11.2 Å². The Labute approximate surface area is 120 Å². The summed E-state index contributed by atoms with van der Waals surface area (Å²) >= 11 is 0. The number of aromatic hydroxyl groups is 1. The minimum Gasteiger partial charge on any atom is -0.508 e. The first kappa shape index (κ1) is 12.3. The predicted molar refractivity (Wildman–Crippen MR) is 79.9 cm³/mol. The summed E-state index contributed by atoms with van der Waals surface area (Å²) in [4.78, 5) is 12.0. The summed E-state index contributed by atoms with van der Waals surface area (Å²) < 4.78 is 11.1. The van der Waals surface area contributed by atoms with Gasteiger partial charge in [-0.3, -0.25) is 0 Å². The maximum Gasteiger partial charge on any atom is 0.344 e. The number of rotatable bonds is 2. The van der Waals surface area contributed by atoms with E-state index in [0.717, 1.165) is 29.4 Å². The Balaban J connectivity index is 1.94. The number of ether oxygens (including phenoxy) is 1. The summed E-state index contributed by atoms with van der Waals surface area (Å²) in [5.74, 6) is 0.846. The molecule has 4 nitrogen and oxygen atoms in total. The molecule has 4 heteroatoms. The van der Waals surface area contributed by atoms with Crippen molar-refractivity contribution >= 4 is 21.7 Å². The van der Waals surface area contributed by atoms with Crippen LogP contribution in [0.4, 0.5) is 0 Å². The predicted octanol–water partition coefficient (Wildman–Crippen LogP) is 3.58. The fraction of sp³-hybridized carbons (Fsp3) is 0.235. The summed E-state index contributed by atoms with van der Waals surface area (Å²) in [6, 6.07) is 10.2. The van der Waals surface area contributed by atoms with E-state index in [-0.39, 0.29) is 11.9 Å². The molecule has 0 unspecified atom stereocenters. The van der Waals surface area contributed by atoms with E-state index in [1.165, 1.54) is 12.5 Å². The van der Waals surface area contributed by atoms with Gasteiger partial charge in [-0.2, -0.15) is 0 Å². The molecule has 1 aromatic heterocycles. The molecule has 0 atom stereocenters. The molecule has 1 fully saturated rings. The number of fused-ring (bicyclic) bond motifs is 3.